The Bertz CT molecular complexity index is 803. The van der Waals surface area contributed by atoms with Crippen LogP contribution in [0.15, 0.2) is 59.6 Å². The first kappa shape index (κ1) is 16.0. The lowest BCUT2D eigenvalue weighted by molar-refractivity contribution is -0.137. The molecule has 0 atom stereocenters. The summed E-state index contributed by atoms with van der Waals surface area (Å²) in [6.45, 7) is 2.98. The molecular weight excluding hydrogens is 319 g/mol. The van der Waals surface area contributed by atoms with Crippen molar-refractivity contribution >= 4 is 22.7 Å². The molecule has 23 heavy (non-hydrogen) atoms. The van der Waals surface area contributed by atoms with E-state index >= 15 is 0 Å². The predicted octanol–water partition coefficient (Wildman–Crippen LogP) is 5.97. The molecular formula is C18H16F3NS. The largest absolute Gasteiger partial charge is 0.416 e. The molecule has 5 heteroatoms. The van der Waals surface area contributed by atoms with Crippen LogP contribution < -0.4 is 0 Å². The minimum Gasteiger partial charge on any atom is -0.347 e. The lowest BCUT2D eigenvalue weighted by Gasteiger charge is -2.07. The third kappa shape index (κ3) is 3.39. The average Bonchev–Trinajstić information content (AvgIpc) is 2.91. The molecule has 0 fully saturated rings. The summed E-state index contributed by atoms with van der Waals surface area (Å²) in [6, 6.07) is 13.6. The van der Waals surface area contributed by atoms with E-state index in [0.717, 1.165) is 29.1 Å². The average molecular weight is 335 g/mol. The summed E-state index contributed by atoms with van der Waals surface area (Å²) in [4.78, 5) is 1.15. The third-order valence-electron chi connectivity index (χ3n) is 3.77. The van der Waals surface area contributed by atoms with E-state index in [9.17, 15) is 13.2 Å². The molecule has 2 aromatic carbocycles. The minimum absolute atomic E-state index is 0.603. The fourth-order valence-electron chi connectivity index (χ4n) is 2.54. The van der Waals surface area contributed by atoms with Crippen molar-refractivity contribution in [1.29, 1.82) is 0 Å². The SMILES string of the molecule is CCn1cc(SCc2ccc(C(F)(F)F)cc2)c2ccccc21. The highest BCUT2D eigenvalue weighted by molar-refractivity contribution is 7.98. The van der Waals surface area contributed by atoms with Gasteiger partial charge in [0.15, 0.2) is 0 Å². The highest BCUT2D eigenvalue weighted by Crippen LogP contribution is 2.33. The third-order valence-corrected chi connectivity index (χ3v) is 4.88. The van der Waals surface area contributed by atoms with Gasteiger partial charge in [0.1, 0.15) is 0 Å². The Morgan fingerprint density at radius 3 is 2.35 bits per heavy atom. The number of aryl methyl sites for hydroxylation is 1. The Kier molecular flexibility index (Phi) is 4.39. The van der Waals surface area contributed by atoms with Crippen LogP contribution in [0.3, 0.4) is 0 Å². The van der Waals surface area contributed by atoms with Crippen LogP contribution in [-0.4, -0.2) is 4.57 Å². The maximum Gasteiger partial charge on any atom is 0.416 e. The van der Waals surface area contributed by atoms with Crippen molar-refractivity contribution in [1.82, 2.24) is 4.57 Å². The zero-order valence-electron chi connectivity index (χ0n) is 12.6. The van der Waals surface area contributed by atoms with Gasteiger partial charge in [-0.2, -0.15) is 13.2 Å². The van der Waals surface area contributed by atoms with Gasteiger partial charge in [-0.3, -0.25) is 0 Å². The smallest absolute Gasteiger partial charge is 0.347 e. The maximum atomic E-state index is 12.6. The molecule has 1 heterocycles. The molecule has 0 unspecified atom stereocenters. The van der Waals surface area contributed by atoms with Crippen LogP contribution in [0.1, 0.15) is 18.1 Å². The van der Waals surface area contributed by atoms with E-state index in [2.05, 4.69) is 29.8 Å². The highest BCUT2D eigenvalue weighted by atomic mass is 32.2. The number of halogens is 3. The Balaban J connectivity index is 1.78. The van der Waals surface area contributed by atoms with Crippen LogP contribution in [0, 0.1) is 0 Å². The first-order valence-electron chi connectivity index (χ1n) is 7.36. The van der Waals surface area contributed by atoms with E-state index in [4.69, 9.17) is 0 Å². The molecule has 0 bridgehead atoms. The molecule has 3 rings (SSSR count). The van der Waals surface area contributed by atoms with Crippen LogP contribution in [0.5, 0.6) is 0 Å². The molecule has 3 aromatic rings. The predicted molar refractivity (Wildman–Crippen MR) is 88.6 cm³/mol. The van der Waals surface area contributed by atoms with Gasteiger partial charge in [-0.25, -0.2) is 0 Å². The Hall–Kier alpha value is -1.88. The van der Waals surface area contributed by atoms with Gasteiger partial charge in [-0.05, 0) is 30.7 Å². The molecule has 1 aromatic heterocycles. The van der Waals surface area contributed by atoms with E-state index in [-0.39, 0.29) is 0 Å². The van der Waals surface area contributed by atoms with Crippen molar-refractivity contribution in [2.24, 2.45) is 0 Å². The van der Waals surface area contributed by atoms with Crippen molar-refractivity contribution in [3.63, 3.8) is 0 Å². The summed E-state index contributed by atoms with van der Waals surface area (Å²) in [6.07, 6.45) is -2.17. The molecule has 0 saturated heterocycles. The molecule has 0 aliphatic heterocycles. The Morgan fingerprint density at radius 2 is 1.70 bits per heavy atom. The van der Waals surface area contributed by atoms with Gasteiger partial charge in [0.2, 0.25) is 0 Å². The van der Waals surface area contributed by atoms with Crippen LogP contribution in [0.25, 0.3) is 10.9 Å². The van der Waals surface area contributed by atoms with Crippen LogP contribution in [0.4, 0.5) is 13.2 Å². The molecule has 0 spiro atoms. The van der Waals surface area contributed by atoms with Crippen molar-refractivity contribution < 1.29 is 13.2 Å². The second kappa shape index (κ2) is 6.32. The lowest BCUT2D eigenvalue weighted by atomic mass is 10.1. The number of hydrogen-bond acceptors (Lipinski definition) is 1. The number of benzene rings is 2. The molecule has 0 aliphatic rings. The van der Waals surface area contributed by atoms with Gasteiger partial charge in [0.25, 0.3) is 0 Å². The van der Waals surface area contributed by atoms with Gasteiger partial charge >= 0.3 is 6.18 Å². The van der Waals surface area contributed by atoms with Gasteiger partial charge in [-0.15, -0.1) is 11.8 Å². The Morgan fingerprint density at radius 1 is 1.00 bits per heavy atom. The summed E-state index contributed by atoms with van der Waals surface area (Å²) in [5.74, 6) is 0.649. The van der Waals surface area contributed by atoms with Crippen molar-refractivity contribution in [2.75, 3.05) is 0 Å². The zero-order chi connectivity index (χ0) is 16.4. The highest BCUT2D eigenvalue weighted by Gasteiger charge is 2.29. The second-order valence-corrected chi connectivity index (χ2v) is 6.30. The molecule has 0 aliphatic carbocycles. The van der Waals surface area contributed by atoms with Gasteiger partial charge in [0, 0.05) is 34.3 Å². The lowest BCUT2D eigenvalue weighted by Crippen LogP contribution is -2.04. The number of nitrogens with zero attached hydrogens (tertiary/aromatic N) is 1. The monoisotopic (exact) mass is 335 g/mol. The molecule has 120 valence electrons. The summed E-state index contributed by atoms with van der Waals surface area (Å²) in [5.41, 5.74) is 1.47. The van der Waals surface area contributed by atoms with E-state index in [1.54, 1.807) is 23.9 Å². The topological polar surface area (TPSA) is 4.93 Å². The number of hydrogen-bond donors (Lipinski definition) is 0. The summed E-state index contributed by atoms with van der Waals surface area (Å²) in [5, 5.41) is 1.19. The first-order valence-corrected chi connectivity index (χ1v) is 8.34. The minimum atomic E-state index is -4.28. The number of rotatable bonds is 4. The molecule has 0 amide bonds. The van der Waals surface area contributed by atoms with Gasteiger partial charge in [0.05, 0.1) is 5.56 Å². The number of thioether (sulfide) groups is 1. The van der Waals surface area contributed by atoms with E-state index in [1.807, 2.05) is 12.1 Å². The van der Waals surface area contributed by atoms with Gasteiger partial charge in [-0.1, -0.05) is 30.3 Å². The number of aromatic nitrogens is 1. The van der Waals surface area contributed by atoms with Crippen molar-refractivity contribution in [3.05, 3.63) is 65.9 Å². The number of para-hydroxylation sites is 1. The second-order valence-electron chi connectivity index (χ2n) is 5.28. The molecule has 0 saturated carbocycles. The van der Waals surface area contributed by atoms with E-state index in [0.29, 0.717) is 5.75 Å². The number of alkyl halides is 3. The first-order chi connectivity index (χ1) is 11.0. The normalized spacial score (nSPS) is 12.0. The quantitative estimate of drug-likeness (QED) is 0.532. The van der Waals surface area contributed by atoms with Crippen molar-refractivity contribution in [3.8, 4) is 0 Å². The zero-order valence-corrected chi connectivity index (χ0v) is 13.4. The standard InChI is InChI=1S/C18H16F3NS/c1-2-22-11-17(15-5-3-4-6-16(15)22)23-12-13-7-9-14(10-8-13)18(19,20)21/h3-11H,2,12H2,1H3. The Labute approximate surface area is 137 Å². The number of fused-ring (bicyclic) bond motifs is 1. The fraction of sp³-hybridized carbons (Fsp3) is 0.222. The van der Waals surface area contributed by atoms with Crippen molar-refractivity contribution in [2.45, 2.75) is 30.3 Å². The van der Waals surface area contributed by atoms with Gasteiger partial charge < -0.3 is 4.57 Å². The van der Waals surface area contributed by atoms with E-state index in [1.165, 1.54) is 10.9 Å². The molecule has 1 nitrogen and oxygen atoms in total. The van der Waals surface area contributed by atoms with Crippen LogP contribution >= 0.6 is 11.8 Å². The van der Waals surface area contributed by atoms with Crippen LogP contribution in [0.2, 0.25) is 0 Å². The van der Waals surface area contributed by atoms with E-state index < -0.39 is 11.7 Å². The summed E-state index contributed by atoms with van der Waals surface area (Å²) in [7, 11) is 0. The maximum absolute atomic E-state index is 12.6. The molecule has 0 radical (unpaired) electrons. The summed E-state index contributed by atoms with van der Waals surface area (Å²) >= 11 is 1.65. The van der Waals surface area contributed by atoms with Crippen LogP contribution in [-0.2, 0) is 18.5 Å². The fourth-order valence-corrected chi connectivity index (χ4v) is 3.59. The summed E-state index contributed by atoms with van der Waals surface area (Å²) < 4.78 is 39.9. The molecule has 0 N–H and O–H groups in total.